The van der Waals surface area contributed by atoms with Crippen molar-refractivity contribution in [3.05, 3.63) is 18.6 Å². The van der Waals surface area contributed by atoms with Gasteiger partial charge in [0.1, 0.15) is 5.82 Å². The number of anilines is 2. The monoisotopic (exact) mass is 351 g/mol. The van der Waals surface area contributed by atoms with E-state index in [1.807, 2.05) is 0 Å². The molecule has 1 aliphatic heterocycles. The molecular formula is C13H17N7OS2. The van der Waals surface area contributed by atoms with Gasteiger partial charge < -0.3 is 16.0 Å². The highest BCUT2D eigenvalue weighted by Gasteiger charge is 2.21. The molecule has 23 heavy (non-hydrogen) atoms. The van der Waals surface area contributed by atoms with Gasteiger partial charge in [0.2, 0.25) is 11.0 Å². The van der Waals surface area contributed by atoms with E-state index in [-0.39, 0.29) is 11.9 Å². The number of thioether (sulfide) groups is 1. The molecule has 0 aromatic carbocycles. The number of nitrogens with one attached hydrogen (secondary N) is 1. The quantitative estimate of drug-likeness (QED) is 0.761. The fraction of sp³-hybridized carbons (Fsp3) is 0.462. The third-order valence-corrected chi connectivity index (χ3v) is 5.37. The van der Waals surface area contributed by atoms with E-state index in [1.165, 1.54) is 23.1 Å². The maximum absolute atomic E-state index is 12.0. The highest BCUT2D eigenvalue weighted by molar-refractivity contribution is 8.01. The maximum Gasteiger partial charge on any atom is 0.230 e. The summed E-state index contributed by atoms with van der Waals surface area (Å²) >= 11 is 2.65. The van der Waals surface area contributed by atoms with Crippen molar-refractivity contribution in [2.45, 2.75) is 23.2 Å². The van der Waals surface area contributed by atoms with Crippen LogP contribution in [-0.4, -0.2) is 51.0 Å². The van der Waals surface area contributed by atoms with Gasteiger partial charge in [0.25, 0.3) is 0 Å². The largest absolute Gasteiger partial charge is 0.374 e. The average Bonchev–Trinajstić information content (AvgIpc) is 3.00. The lowest BCUT2D eigenvalue weighted by Crippen LogP contribution is -2.45. The summed E-state index contributed by atoms with van der Waals surface area (Å²) in [6.45, 7) is 1.73. The lowest BCUT2D eigenvalue weighted by atomic mass is 10.1. The number of nitrogens with two attached hydrogens (primary N) is 1. The Morgan fingerprint density at radius 2 is 2.22 bits per heavy atom. The predicted octanol–water partition coefficient (Wildman–Crippen LogP) is 0.788. The summed E-state index contributed by atoms with van der Waals surface area (Å²) in [5, 5.41) is 11.1. The molecule has 1 amide bonds. The molecule has 0 bridgehead atoms. The van der Waals surface area contributed by atoms with Gasteiger partial charge in [0, 0.05) is 31.5 Å². The maximum atomic E-state index is 12.0. The minimum Gasteiger partial charge on any atom is -0.374 e. The molecule has 10 heteroatoms. The van der Waals surface area contributed by atoms with E-state index < -0.39 is 0 Å². The Kier molecular flexibility index (Phi) is 5.23. The molecule has 0 atom stereocenters. The smallest absolute Gasteiger partial charge is 0.230 e. The van der Waals surface area contributed by atoms with Gasteiger partial charge in [-0.2, -0.15) is 0 Å². The number of rotatable bonds is 5. The molecule has 0 unspecified atom stereocenters. The normalized spacial score (nSPS) is 15.6. The average molecular weight is 351 g/mol. The number of hydrogen-bond donors (Lipinski definition) is 2. The first-order valence-corrected chi connectivity index (χ1v) is 9.03. The molecule has 0 saturated carbocycles. The Balaban J connectivity index is 1.41. The summed E-state index contributed by atoms with van der Waals surface area (Å²) in [4.78, 5) is 22.6. The van der Waals surface area contributed by atoms with Crippen LogP contribution in [0.15, 0.2) is 22.9 Å². The number of aromatic nitrogens is 4. The van der Waals surface area contributed by atoms with Gasteiger partial charge >= 0.3 is 0 Å². The van der Waals surface area contributed by atoms with Gasteiger partial charge in [0.05, 0.1) is 11.9 Å². The van der Waals surface area contributed by atoms with Crippen molar-refractivity contribution in [1.29, 1.82) is 0 Å². The molecule has 3 N–H and O–H groups in total. The van der Waals surface area contributed by atoms with Crippen molar-refractivity contribution in [2.24, 2.45) is 0 Å². The van der Waals surface area contributed by atoms with Crippen LogP contribution in [0.5, 0.6) is 0 Å². The van der Waals surface area contributed by atoms with Crippen LogP contribution in [0.1, 0.15) is 12.8 Å². The van der Waals surface area contributed by atoms with E-state index in [1.54, 1.807) is 18.6 Å². The second kappa shape index (κ2) is 7.55. The predicted molar refractivity (Wildman–Crippen MR) is 90.5 cm³/mol. The molecule has 1 fully saturated rings. The fourth-order valence-electron chi connectivity index (χ4n) is 2.38. The van der Waals surface area contributed by atoms with Crippen molar-refractivity contribution >= 4 is 40.0 Å². The van der Waals surface area contributed by atoms with Gasteiger partial charge in [-0.3, -0.25) is 9.78 Å². The van der Waals surface area contributed by atoms with Gasteiger partial charge in [0.15, 0.2) is 4.34 Å². The van der Waals surface area contributed by atoms with Crippen LogP contribution in [0, 0.1) is 0 Å². The zero-order chi connectivity index (χ0) is 16.1. The highest BCUT2D eigenvalue weighted by atomic mass is 32.2. The Bertz CT molecular complexity index is 643. The molecule has 0 aliphatic carbocycles. The van der Waals surface area contributed by atoms with E-state index in [2.05, 4.69) is 30.4 Å². The van der Waals surface area contributed by atoms with Crippen molar-refractivity contribution in [1.82, 2.24) is 25.5 Å². The van der Waals surface area contributed by atoms with Gasteiger partial charge in [-0.1, -0.05) is 23.1 Å². The molecule has 0 spiro atoms. The first-order chi connectivity index (χ1) is 11.2. The number of hydrogen-bond acceptors (Lipinski definition) is 9. The summed E-state index contributed by atoms with van der Waals surface area (Å²) in [5.74, 6) is 1.24. The summed E-state index contributed by atoms with van der Waals surface area (Å²) in [6.07, 6.45) is 6.93. The Morgan fingerprint density at radius 3 is 2.87 bits per heavy atom. The van der Waals surface area contributed by atoms with Crippen molar-refractivity contribution in [2.75, 3.05) is 29.5 Å². The number of carbonyl (C=O) groups is 1. The zero-order valence-electron chi connectivity index (χ0n) is 12.4. The number of nitrogen functional groups attached to an aromatic ring is 1. The van der Waals surface area contributed by atoms with E-state index in [0.29, 0.717) is 10.9 Å². The molecule has 3 rings (SSSR count). The van der Waals surface area contributed by atoms with Gasteiger partial charge in [-0.15, -0.1) is 10.2 Å². The molecule has 1 aliphatic rings. The SMILES string of the molecule is Nc1nnc(SCC(=O)NC2CCN(c3cnccn3)CC2)s1. The Morgan fingerprint density at radius 1 is 1.39 bits per heavy atom. The standard InChI is InChI=1S/C13H17N7OS2/c14-12-18-19-13(23-12)22-8-11(21)17-9-1-5-20(6-2-9)10-7-15-3-4-16-10/h3-4,7,9H,1-2,5-6,8H2,(H2,14,18)(H,17,21). The zero-order valence-corrected chi connectivity index (χ0v) is 14.0. The number of carbonyl (C=O) groups excluding carboxylic acids is 1. The molecule has 8 nitrogen and oxygen atoms in total. The summed E-state index contributed by atoms with van der Waals surface area (Å²) < 4.78 is 0.718. The van der Waals surface area contributed by atoms with Crippen molar-refractivity contribution in [3.8, 4) is 0 Å². The van der Waals surface area contributed by atoms with Crippen molar-refractivity contribution in [3.63, 3.8) is 0 Å². The third-order valence-electron chi connectivity index (χ3n) is 3.48. The second-order valence-electron chi connectivity index (χ2n) is 5.09. The molecule has 0 radical (unpaired) electrons. The Hall–Kier alpha value is -1.94. The van der Waals surface area contributed by atoms with Crippen LogP contribution in [0.3, 0.4) is 0 Å². The van der Waals surface area contributed by atoms with Gasteiger partial charge in [-0.05, 0) is 12.8 Å². The summed E-state index contributed by atoms with van der Waals surface area (Å²) in [6, 6.07) is 0.204. The summed E-state index contributed by atoms with van der Waals surface area (Å²) in [5.41, 5.74) is 5.51. The first-order valence-electron chi connectivity index (χ1n) is 7.23. The lowest BCUT2D eigenvalue weighted by Gasteiger charge is -2.32. The minimum atomic E-state index is 0.0155. The van der Waals surface area contributed by atoms with Crippen LogP contribution < -0.4 is 16.0 Å². The number of piperidine rings is 1. The van der Waals surface area contributed by atoms with E-state index >= 15 is 0 Å². The molecule has 2 aromatic heterocycles. The molecule has 3 heterocycles. The van der Waals surface area contributed by atoms with E-state index in [9.17, 15) is 4.79 Å². The third kappa shape index (κ3) is 4.52. The summed E-state index contributed by atoms with van der Waals surface area (Å²) in [7, 11) is 0. The molecule has 1 saturated heterocycles. The topological polar surface area (TPSA) is 110 Å². The minimum absolute atomic E-state index is 0.0155. The number of nitrogens with zero attached hydrogens (tertiary/aromatic N) is 5. The van der Waals surface area contributed by atoms with Crippen LogP contribution in [0.2, 0.25) is 0 Å². The van der Waals surface area contributed by atoms with E-state index in [0.717, 1.165) is 36.1 Å². The fourth-order valence-corrected chi connectivity index (χ4v) is 3.83. The second-order valence-corrected chi connectivity index (χ2v) is 7.32. The van der Waals surface area contributed by atoms with Crippen molar-refractivity contribution < 1.29 is 4.79 Å². The molecular weight excluding hydrogens is 334 g/mol. The van der Waals surface area contributed by atoms with Crippen LogP contribution in [0.4, 0.5) is 10.9 Å². The van der Waals surface area contributed by atoms with Crippen LogP contribution in [0.25, 0.3) is 0 Å². The lowest BCUT2D eigenvalue weighted by molar-refractivity contribution is -0.119. The Labute approximate surface area is 141 Å². The molecule has 2 aromatic rings. The van der Waals surface area contributed by atoms with Crippen LogP contribution >= 0.6 is 23.1 Å². The van der Waals surface area contributed by atoms with E-state index in [4.69, 9.17) is 5.73 Å². The molecule has 122 valence electrons. The van der Waals surface area contributed by atoms with Crippen LogP contribution in [-0.2, 0) is 4.79 Å². The van der Waals surface area contributed by atoms with Gasteiger partial charge in [-0.25, -0.2) is 4.98 Å². The first kappa shape index (κ1) is 15.9. The highest BCUT2D eigenvalue weighted by Crippen LogP contribution is 2.23. The number of amides is 1.